The Labute approximate surface area is 150 Å². The van der Waals surface area contributed by atoms with Gasteiger partial charge < -0.3 is 9.32 Å². The van der Waals surface area contributed by atoms with Crippen LogP contribution in [0.5, 0.6) is 0 Å². The van der Waals surface area contributed by atoms with Gasteiger partial charge in [0, 0.05) is 27.1 Å². The summed E-state index contributed by atoms with van der Waals surface area (Å²) in [5.41, 5.74) is 3.91. The third kappa shape index (κ3) is 3.94. The summed E-state index contributed by atoms with van der Waals surface area (Å²) in [7, 11) is 2.14. The maximum absolute atomic E-state index is 11.9. The highest BCUT2D eigenvalue weighted by atomic mass is 79.9. The third-order valence-electron chi connectivity index (χ3n) is 4.21. The quantitative estimate of drug-likeness (QED) is 0.682. The van der Waals surface area contributed by atoms with E-state index < -0.39 is 0 Å². The standard InChI is InChI=1S/C20H20BrNO2/c1-3-14-6-9-18-16(11-20(23)24-19(18)10-14)13-22(2)12-15-4-7-17(21)8-5-15/h4-11H,3,12-13H2,1-2H3/p+1. The van der Waals surface area contributed by atoms with Gasteiger partial charge in [-0.15, -0.1) is 0 Å². The van der Waals surface area contributed by atoms with Crippen molar-refractivity contribution in [2.24, 2.45) is 0 Å². The predicted molar refractivity (Wildman–Crippen MR) is 100 cm³/mol. The van der Waals surface area contributed by atoms with Crippen LogP contribution >= 0.6 is 15.9 Å². The maximum Gasteiger partial charge on any atom is 0.336 e. The van der Waals surface area contributed by atoms with Crippen LogP contribution in [-0.2, 0) is 19.5 Å². The number of quaternary nitrogens is 1. The highest BCUT2D eigenvalue weighted by Crippen LogP contribution is 2.18. The molecule has 3 rings (SSSR count). The average molecular weight is 387 g/mol. The minimum Gasteiger partial charge on any atom is -0.423 e. The summed E-state index contributed by atoms with van der Waals surface area (Å²) >= 11 is 3.46. The van der Waals surface area contributed by atoms with Crippen molar-refractivity contribution < 1.29 is 9.32 Å². The van der Waals surface area contributed by atoms with Gasteiger partial charge in [0.2, 0.25) is 0 Å². The molecule has 124 valence electrons. The molecule has 0 spiro atoms. The summed E-state index contributed by atoms with van der Waals surface area (Å²) in [5.74, 6) is 0. The molecular weight excluding hydrogens is 366 g/mol. The fourth-order valence-electron chi connectivity index (χ4n) is 2.98. The van der Waals surface area contributed by atoms with Crippen LogP contribution in [0.3, 0.4) is 0 Å². The molecule has 4 heteroatoms. The minimum absolute atomic E-state index is 0.276. The first-order valence-corrected chi connectivity index (χ1v) is 8.96. The first kappa shape index (κ1) is 16.9. The van der Waals surface area contributed by atoms with Gasteiger partial charge >= 0.3 is 5.63 Å². The fourth-order valence-corrected chi connectivity index (χ4v) is 3.24. The monoisotopic (exact) mass is 386 g/mol. The summed E-state index contributed by atoms with van der Waals surface area (Å²) in [6.07, 6.45) is 0.929. The summed E-state index contributed by atoms with van der Waals surface area (Å²) in [6, 6.07) is 16.1. The highest BCUT2D eigenvalue weighted by molar-refractivity contribution is 9.10. The molecule has 0 bridgehead atoms. The topological polar surface area (TPSA) is 34.7 Å². The second-order valence-corrected chi connectivity index (χ2v) is 7.13. The highest BCUT2D eigenvalue weighted by Gasteiger charge is 2.11. The number of hydrogen-bond acceptors (Lipinski definition) is 2. The van der Waals surface area contributed by atoms with Gasteiger partial charge in [0.15, 0.2) is 0 Å². The van der Waals surface area contributed by atoms with E-state index in [0.717, 1.165) is 34.9 Å². The Morgan fingerprint density at radius 2 is 1.71 bits per heavy atom. The smallest absolute Gasteiger partial charge is 0.336 e. The van der Waals surface area contributed by atoms with Crippen molar-refractivity contribution in [2.75, 3.05) is 7.05 Å². The molecule has 0 saturated heterocycles. The summed E-state index contributed by atoms with van der Waals surface area (Å²) in [4.78, 5) is 13.2. The van der Waals surface area contributed by atoms with Crippen LogP contribution in [0.15, 0.2) is 62.2 Å². The average Bonchev–Trinajstić information content (AvgIpc) is 2.56. The molecular formula is C20H21BrNO2+. The lowest BCUT2D eigenvalue weighted by Crippen LogP contribution is -3.06. The molecule has 3 aromatic rings. The maximum atomic E-state index is 11.9. The molecule has 0 amide bonds. The van der Waals surface area contributed by atoms with Gasteiger partial charge in [-0.25, -0.2) is 4.79 Å². The Bertz CT molecular complexity index is 900. The van der Waals surface area contributed by atoms with E-state index in [0.29, 0.717) is 5.58 Å². The van der Waals surface area contributed by atoms with E-state index in [4.69, 9.17) is 4.42 Å². The zero-order valence-electron chi connectivity index (χ0n) is 13.9. The number of benzene rings is 2. The van der Waals surface area contributed by atoms with E-state index in [1.54, 1.807) is 6.07 Å². The molecule has 0 aliphatic rings. The molecule has 2 aromatic carbocycles. The predicted octanol–water partition coefficient (Wildman–Crippen LogP) is 3.33. The van der Waals surface area contributed by atoms with Gasteiger partial charge in [0.25, 0.3) is 0 Å². The van der Waals surface area contributed by atoms with E-state index in [1.807, 2.05) is 6.07 Å². The van der Waals surface area contributed by atoms with Crippen molar-refractivity contribution in [3.05, 3.63) is 80.1 Å². The zero-order valence-corrected chi connectivity index (χ0v) is 15.5. The van der Waals surface area contributed by atoms with Crippen LogP contribution in [0.2, 0.25) is 0 Å². The Balaban J connectivity index is 1.86. The summed E-state index contributed by atoms with van der Waals surface area (Å²) < 4.78 is 6.47. The number of hydrogen-bond donors (Lipinski definition) is 1. The fraction of sp³-hybridized carbons (Fsp3) is 0.250. The van der Waals surface area contributed by atoms with E-state index >= 15 is 0 Å². The van der Waals surface area contributed by atoms with Crippen LogP contribution in [0.1, 0.15) is 23.6 Å². The SMILES string of the molecule is CCc1ccc2c(C[NH+](C)Cc3ccc(Br)cc3)cc(=O)oc2c1. The Hall–Kier alpha value is -1.91. The van der Waals surface area contributed by atoms with Gasteiger partial charge in [-0.2, -0.15) is 0 Å². The van der Waals surface area contributed by atoms with Crippen molar-refractivity contribution >= 4 is 26.9 Å². The molecule has 0 aliphatic carbocycles. The number of fused-ring (bicyclic) bond motifs is 1. The van der Waals surface area contributed by atoms with Gasteiger partial charge in [-0.1, -0.05) is 47.1 Å². The lowest BCUT2D eigenvalue weighted by atomic mass is 10.1. The molecule has 24 heavy (non-hydrogen) atoms. The third-order valence-corrected chi connectivity index (χ3v) is 4.74. The molecule has 1 aromatic heterocycles. The number of aryl methyl sites for hydroxylation is 1. The van der Waals surface area contributed by atoms with Gasteiger partial charge in [0.1, 0.15) is 18.7 Å². The van der Waals surface area contributed by atoms with Crippen molar-refractivity contribution in [1.82, 2.24) is 0 Å². The normalized spacial score (nSPS) is 12.5. The van der Waals surface area contributed by atoms with E-state index in [9.17, 15) is 4.79 Å². The second-order valence-electron chi connectivity index (χ2n) is 6.21. The number of rotatable bonds is 5. The lowest BCUT2D eigenvalue weighted by Gasteiger charge is -2.15. The molecule has 0 saturated carbocycles. The zero-order chi connectivity index (χ0) is 17.1. The largest absolute Gasteiger partial charge is 0.423 e. The van der Waals surface area contributed by atoms with Crippen molar-refractivity contribution in [3.8, 4) is 0 Å². The van der Waals surface area contributed by atoms with Crippen LogP contribution in [0.4, 0.5) is 0 Å². The van der Waals surface area contributed by atoms with Crippen LogP contribution < -0.4 is 10.5 Å². The minimum atomic E-state index is -0.276. The first-order valence-electron chi connectivity index (χ1n) is 8.16. The molecule has 1 atom stereocenters. The summed E-state index contributed by atoms with van der Waals surface area (Å²) in [6.45, 7) is 3.78. The van der Waals surface area contributed by atoms with Crippen molar-refractivity contribution in [1.29, 1.82) is 0 Å². The van der Waals surface area contributed by atoms with Crippen molar-refractivity contribution in [3.63, 3.8) is 0 Å². The second kappa shape index (κ2) is 7.32. The van der Waals surface area contributed by atoms with Crippen LogP contribution in [0.25, 0.3) is 11.0 Å². The van der Waals surface area contributed by atoms with Crippen LogP contribution in [-0.4, -0.2) is 7.05 Å². The van der Waals surface area contributed by atoms with E-state index in [-0.39, 0.29) is 5.63 Å². The summed E-state index contributed by atoms with van der Waals surface area (Å²) in [5, 5.41) is 1.03. The molecule has 1 unspecified atom stereocenters. The Kier molecular flexibility index (Phi) is 5.17. The first-order chi connectivity index (χ1) is 11.5. The van der Waals surface area contributed by atoms with E-state index in [2.05, 4.69) is 66.3 Å². The molecule has 3 nitrogen and oxygen atoms in total. The number of nitrogens with one attached hydrogen (secondary N) is 1. The molecule has 0 aliphatic heterocycles. The van der Waals surface area contributed by atoms with Gasteiger partial charge in [0.05, 0.1) is 7.05 Å². The number of halogens is 1. The molecule has 1 heterocycles. The molecule has 0 radical (unpaired) electrons. The molecule has 1 N–H and O–H groups in total. The molecule has 0 fully saturated rings. The van der Waals surface area contributed by atoms with Gasteiger partial charge in [-0.05, 0) is 30.2 Å². The lowest BCUT2D eigenvalue weighted by molar-refractivity contribution is -0.907. The van der Waals surface area contributed by atoms with E-state index in [1.165, 1.54) is 16.0 Å². The van der Waals surface area contributed by atoms with Gasteiger partial charge in [-0.3, -0.25) is 0 Å². The Morgan fingerprint density at radius 1 is 1.00 bits per heavy atom. The van der Waals surface area contributed by atoms with Crippen LogP contribution in [0, 0.1) is 0 Å². The Morgan fingerprint density at radius 3 is 2.42 bits per heavy atom. The van der Waals surface area contributed by atoms with Crippen molar-refractivity contribution in [2.45, 2.75) is 26.4 Å².